The molecule has 100 valence electrons. The smallest absolute Gasteiger partial charge is 0.182 e. The average molecular weight is 330 g/mol. The van der Waals surface area contributed by atoms with Crippen molar-refractivity contribution in [3.63, 3.8) is 0 Å². The van der Waals surface area contributed by atoms with Gasteiger partial charge in [-0.05, 0) is 39.7 Å². The SMILES string of the molecule is Nc1ccc(Cc2nc(-c3cncc(Br)c3)n[nH]2)cc1. The maximum absolute atomic E-state index is 5.67. The molecule has 0 aliphatic carbocycles. The maximum atomic E-state index is 5.67. The van der Waals surface area contributed by atoms with E-state index in [1.54, 1.807) is 12.4 Å². The van der Waals surface area contributed by atoms with E-state index in [0.29, 0.717) is 12.2 Å². The zero-order valence-electron chi connectivity index (χ0n) is 10.5. The Morgan fingerprint density at radius 2 is 1.95 bits per heavy atom. The van der Waals surface area contributed by atoms with Crippen LogP contribution >= 0.6 is 15.9 Å². The lowest BCUT2D eigenvalue weighted by Crippen LogP contribution is -1.92. The van der Waals surface area contributed by atoms with Gasteiger partial charge in [-0.2, -0.15) is 5.10 Å². The van der Waals surface area contributed by atoms with E-state index < -0.39 is 0 Å². The Labute approximate surface area is 124 Å². The molecular formula is C14H12BrN5. The number of nitrogens with two attached hydrogens (primary N) is 1. The summed E-state index contributed by atoms with van der Waals surface area (Å²) in [4.78, 5) is 8.59. The van der Waals surface area contributed by atoms with Crippen molar-refractivity contribution in [3.05, 3.63) is 58.6 Å². The lowest BCUT2D eigenvalue weighted by molar-refractivity contribution is 0.973. The van der Waals surface area contributed by atoms with Crippen LogP contribution in [0.1, 0.15) is 11.4 Å². The van der Waals surface area contributed by atoms with Gasteiger partial charge in [0.05, 0.1) is 0 Å². The molecule has 5 nitrogen and oxygen atoms in total. The van der Waals surface area contributed by atoms with Gasteiger partial charge in [0.1, 0.15) is 5.82 Å². The van der Waals surface area contributed by atoms with E-state index in [0.717, 1.165) is 27.1 Å². The Hall–Kier alpha value is -2.21. The number of pyridine rings is 1. The largest absolute Gasteiger partial charge is 0.399 e. The van der Waals surface area contributed by atoms with E-state index >= 15 is 0 Å². The molecule has 0 amide bonds. The molecule has 0 aliphatic heterocycles. The lowest BCUT2D eigenvalue weighted by Gasteiger charge is -1.98. The van der Waals surface area contributed by atoms with Crippen molar-refractivity contribution in [1.82, 2.24) is 20.2 Å². The summed E-state index contributed by atoms with van der Waals surface area (Å²) in [6.07, 6.45) is 4.15. The first kappa shape index (κ1) is 12.8. The van der Waals surface area contributed by atoms with Gasteiger partial charge >= 0.3 is 0 Å². The fraction of sp³-hybridized carbons (Fsp3) is 0.0714. The van der Waals surface area contributed by atoms with Crippen LogP contribution in [0.5, 0.6) is 0 Å². The summed E-state index contributed by atoms with van der Waals surface area (Å²) in [6, 6.07) is 9.66. The van der Waals surface area contributed by atoms with Crippen molar-refractivity contribution >= 4 is 21.6 Å². The summed E-state index contributed by atoms with van der Waals surface area (Å²) in [5.41, 5.74) is 8.43. The molecule has 3 rings (SSSR count). The standard InChI is InChI=1S/C14H12BrN5/c15-11-6-10(7-17-8-11)14-18-13(19-20-14)5-9-1-3-12(16)4-2-9/h1-4,6-8H,5,16H2,(H,18,19,20). The van der Waals surface area contributed by atoms with Gasteiger partial charge < -0.3 is 5.73 Å². The molecule has 0 atom stereocenters. The molecule has 6 heteroatoms. The normalized spacial score (nSPS) is 10.7. The van der Waals surface area contributed by atoms with Crippen LogP contribution in [0.15, 0.2) is 47.2 Å². The number of nitrogens with one attached hydrogen (secondary N) is 1. The second-order valence-electron chi connectivity index (χ2n) is 4.42. The van der Waals surface area contributed by atoms with Crippen molar-refractivity contribution in [2.24, 2.45) is 0 Å². The van der Waals surface area contributed by atoms with Crippen LogP contribution in [0.25, 0.3) is 11.4 Å². The third-order valence-corrected chi connectivity index (χ3v) is 3.28. The Bertz CT molecular complexity index is 720. The number of nitrogens with zero attached hydrogens (tertiary/aromatic N) is 3. The highest BCUT2D eigenvalue weighted by Gasteiger charge is 2.07. The van der Waals surface area contributed by atoms with E-state index in [9.17, 15) is 0 Å². The number of rotatable bonds is 3. The van der Waals surface area contributed by atoms with E-state index in [-0.39, 0.29) is 0 Å². The first-order valence-corrected chi connectivity index (χ1v) is 6.86. The van der Waals surface area contributed by atoms with Gasteiger partial charge in [-0.15, -0.1) is 0 Å². The number of benzene rings is 1. The molecule has 1 aromatic carbocycles. The summed E-state index contributed by atoms with van der Waals surface area (Å²) in [6.45, 7) is 0. The van der Waals surface area contributed by atoms with Crippen LogP contribution in [0.2, 0.25) is 0 Å². The van der Waals surface area contributed by atoms with Crippen LogP contribution in [-0.2, 0) is 6.42 Å². The van der Waals surface area contributed by atoms with Crippen molar-refractivity contribution < 1.29 is 0 Å². The quantitative estimate of drug-likeness (QED) is 0.724. The first-order chi connectivity index (χ1) is 9.70. The third-order valence-electron chi connectivity index (χ3n) is 2.85. The molecule has 0 bridgehead atoms. The monoisotopic (exact) mass is 329 g/mol. The zero-order valence-corrected chi connectivity index (χ0v) is 12.1. The van der Waals surface area contributed by atoms with Gasteiger partial charge in [-0.3, -0.25) is 10.1 Å². The molecule has 0 aliphatic rings. The Morgan fingerprint density at radius 3 is 2.70 bits per heavy atom. The highest BCUT2D eigenvalue weighted by molar-refractivity contribution is 9.10. The summed E-state index contributed by atoms with van der Waals surface area (Å²) >= 11 is 3.39. The number of hydrogen-bond acceptors (Lipinski definition) is 4. The van der Waals surface area contributed by atoms with Gasteiger partial charge in [0.15, 0.2) is 5.82 Å². The van der Waals surface area contributed by atoms with E-state index in [1.807, 2.05) is 30.3 Å². The lowest BCUT2D eigenvalue weighted by atomic mass is 10.1. The minimum Gasteiger partial charge on any atom is -0.399 e. The fourth-order valence-corrected chi connectivity index (χ4v) is 2.23. The molecule has 0 spiro atoms. The number of aromatic nitrogens is 4. The molecular weight excluding hydrogens is 318 g/mol. The molecule has 0 unspecified atom stereocenters. The van der Waals surface area contributed by atoms with Crippen LogP contribution in [0.4, 0.5) is 5.69 Å². The van der Waals surface area contributed by atoms with Gasteiger partial charge in [-0.25, -0.2) is 4.98 Å². The van der Waals surface area contributed by atoms with Gasteiger partial charge in [0, 0.05) is 34.5 Å². The molecule has 0 saturated heterocycles. The molecule has 20 heavy (non-hydrogen) atoms. The van der Waals surface area contributed by atoms with Gasteiger partial charge in [0.2, 0.25) is 0 Å². The number of nitrogen functional groups attached to an aromatic ring is 1. The van der Waals surface area contributed by atoms with E-state index in [4.69, 9.17) is 5.73 Å². The molecule has 2 aromatic heterocycles. The molecule has 3 aromatic rings. The summed E-state index contributed by atoms with van der Waals surface area (Å²) in [7, 11) is 0. The van der Waals surface area contributed by atoms with Crippen LogP contribution in [0, 0.1) is 0 Å². The number of anilines is 1. The Balaban J connectivity index is 1.82. The third kappa shape index (κ3) is 2.85. The number of hydrogen-bond donors (Lipinski definition) is 2. The molecule has 3 N–H and O–H groups in total. The van der Waals surface area contributed by atoms with Crippen LogP contribution < -0.4 is 5.73 Å². The predicted molar refractivity (Wildman–Crippen MR) is 81.0 cm³/mol. The summed E-state index contributed by atoms with van der Waals surface area (Å²) < 4.78 is 0.903. The second-order valence-corrected chi connectivity index (χ2v) is 5.33. The number of halogens is 1. The van der Waals surface area contributed by atoms with Crippen LogP contribution in [-0.4, -0.2) is 20.2 Å². The predicted octanol–water partition coefficient (Wildman–Crippen LogP) is 2.80. The Kier molecular flexibility index (Phi) is 3.47. The molecule has 0 radical (unpaired) electrons. The molecule has 0 saturated carbocycles. The topological polar surface area (TPSA) is 80.5 Å². The average Bonchev–Trinajstić information content (AvgIpc) is 2.90. The van der Waals surface area contributed by atoms with Crippen molar-refractivity contribution in [2.75, 3.05) is 5.73 Å². The zero-order chi connectivity index (χ0) is 13.9. The maximum Gasteiger partial charge on any atom is 0.182 e. The summed E-state index contributed by atoms with van der Waals surface area (Å²) in [5.74, 6) is 1.45. The van der Waals surface area contributed by atoms with E-state index in [2.05, 4.69) is 36.1 Å². The summed E-state index contributed by atoms with van der Waals surface area (Å²) in [5, 5.41) is 7.17. The minimum absolute atomic E-state index is 0.643. The second kappa shape index (κ2) is 5.42. The van der Waals surface area contributed by atoms with Crippen molar-refractivity contribution in [3.8, 4) is 11.4 Å². The van der Waals surface area contributed by atoms with Crippen molar-refractivity contribution in [2.45, 2.75) is 6.42 Å². The van der Waals surface area contributed by atoms with Gasteiger partial charge in [-0.1, -0.05) is 12.1 Å². The highest BCUT2D eigenvalue weighted by atomic mass is 79.9. The van der Waals surface area contributed by atoms with Crippen molar-refractivity contribution in [1.29, 1.82) is 0 Å². The number of aromatic amines is 1. The fourth-order valence-electron chi connectivity index (χ4n) is 1.87. The number of H-pyrrole nitrogens is 1. The highest BCUT2D eigenvalue weighted by Crippen LogP contribution is 2.18. The minimum atomic E-state index is 0.643. The molecule has 0 fully saturated rings. The van der Waals surface area contributed by atoms with E-state index in [1.165, 1.54) is 0 Å². The van der Waals surface area contributed by atoms with Gasteiger partial charge in [0.25, 0.3) is 0 Å². The molecule has 2 heterocycles. The first-order valence-electron chi connectivity index (χ1n) is 6.07. The van der Waals surface area contributed by atoms with Crippen LogP contribution in [0.3, 0.4) is 0 Å². The Morgan fingerprint density at radius 1 is 1.15 bits per heavy atom.